The fourth-order valence-corrected chi connectivity index (χ4v) is 4.23. The molecule has 2 aromatic carbocycles. The van der Waals surface area contributed by atoms with E-state index in [9.17, 15) is 10.2 Å². The highest BCUT2D eigenvalue weighted by atomic mass is 16.5. The summed E-state index contributed by atoms with van der Waals surface area (Å²) < 4.78 is 5.93. The molecule has 3 nitrogen and oxygen atoms in total. The average Bonchev–Trinajstić information content (AvgIpc) is 2.59. The highest BCUT2D eigenvalue weighted by Crippen LogP contribution is 2.50. The van der Waals surface area contributed by atoms with Crippen molar-refractivity contribution in [2.45, 2.75) is 50.9 Å². The van der Waals surface area contributed by atoms with Gasteiger partial charge in [-0.2, -0.15) is 0 Å². The molecule has 2 aromatic rings. The quantitative estimate of drug-likeness (QED) is 0.910. The number of hydrogen-bond donors (Lipinski definition) is 2. The van der Waals surface area contributed by atoms with Crippen LogP contribution in [-0.2, 0) is 15.8 Å². The Morgan fingerprint density at radius 2 is 1.42 bits per heavy atom. The fourth-order valence-electron chi connectivity index (χ4n) is 4.23. The molecule has 0 radical (unpaired) electrons. The molecule has 0 amide bonds. The van der Waals surface area contributed by atoms with E-state index in [-0.39, 0.29) is 0 Å². The van der Waals surface area contributed by atoms with E-state index in [4.69, 9.17) is 4.74 Å². The number of aliphatic hydroxyl groups is 2. The lowest BCUT2D eigenvalue weighted by Crippen LogP contribution is -2.59. The van der Waals surface area contributed by atoms with Crippen LogP contribution in [0.1, 0.15) is 43.0 Å². The van der Waals surface area contributed by atoms with Gasteiger partial charge in [0.2, 0.25) is 0 Å². The summed E-state index contributed by atoms with van der Waals surface area (Å²) >= 11 is 0. The van der Waals surface area contributed by atoms with Crippen molar-refractivity contribution in [3.05, 3.63) is 70.8 Å². The summed E-state index contributed by atoms with van der Waals surface area (Å²) in [4.78, 5) is 0. The molecule has 0 unspecified atom stereocenters. The van der Waals surface area contributed by atoms with Gasteiger partial charge < -0.3 is 14.9 Å². The largest absolute Gasteiger partial charge is 0.389 e. The minimum atomic E-state index is -1.02. The van der Waals surface area contributed by atoms with Crippen LogP contribution in [0.5, 0.6) is 0 Å². The molecule has 0 aromatic heterocycles. The molecule has 1 aliphatic rings. The predicted octanol–water partition coefficient (Wildman–Crippen LogP) is 3.29. The highest BCUT2D eigenvalue weighted by Gasteiger charge is 2.55. The van der Waals surface area contributed by atoms with Crippen LogP contribution in [0.4, 0.5) is 0 Å². The maximum Gasteiger partial charge on any atom is 0.119 e. The first-order chi connectivity index (χ1) is 11.4. The summed E-state index contributed by atoms with van der Waals surface area (Å²) in [5.74, 6) is 0. The molecule has 4 atom stereocenters. The Balaban J connectivity index is 2.31. The number of aryl methyl sites for hydroxylation is 1. The van der Waals surface area contributed by atoms with Crippen LogP contribution in [0.25, 0.3) is 0 Å². The molecule has 0 bridgehead atoms. The van der Waals surface area contributed by atoms with Crippen LogP contribution in [0.3, 0.4) is 0 Å². The maximum absolute atomic E-state index is 11.2. The van der Waals surface area contributed by atoms with E-state index < -0.39 is 23.2 Å². The van der Waals surface area contributed by atoms with Gasteiger partial charge in [0, 0.05) is 12.0 Å². The SMILES string of the molecule is CCO[C@]1(C)c2ccccc2[C@@](C)(c2ccccc2C)[C@H](O)[C@@H]1O. The second-order valence-electron chi connectivity index (χ2n) is 6.99. The first-order valence-electron chi connectivity index (χ1n) is 8.53. The van der Waals surface area contributed by atoms with Crippen molar-refractivity contribution in [3.63, 3.8) is 0 Å². The standard InChI is InChI=1S/C21H26O3/c1-5-24-21(4)17-13-9-8-12-16(17)20(3,18(22)19(21)23)15-11-7-6-10-14(15)2/h6-13,18-19,22-23H,5H2,1-4H3/t18-,19+,20-,21-/m1/s1. The number of benzene rings is 2. The highest BCUT2D eigenvalue weighted by molar-refractivity contribution is 5.52. The molecule has 2 N–H and O–H groups in total. The minimum absolute atomic E-state index is 0.468. The molecule has 0 fully saturated rings. The van der Waals surface area contributed by atoms with Crippen LogP contribution < -0.4 is 0 Å². The molecule has 0 saturated heterocycles. The summed E-state index contributed by atoms with van der Waals surface area (Å²) in [6, 6.07) is 16.0. The molecule has 0 spiro atoms. The average molecular weight is 326 g/mol. The van der Waals surface area contributed by atoms with E-state index in [0.717, 1.165) is 22.3 Å². The van der Waals surface area contributed by atoms with Crippen LogP contribution in [0.15, 0.2) is 48.5 Å². The van der Waals surface area contributed by atoms with E-state index in [1.165, 1.54) is 0 Å². The van der Waals surface area contributed by atoms with Gasteiger partial charge in [-0.05, 0) is 49.9 Å². The second kappa shape index (κ2) is 5.99. The lowest BCUT2D eigenvalue weighted by Gasteiger charge is -2.51. The lowest BCUT2D eigenvalue weighted by molar-refractivity contribution is -0.174. The number of hydrogen-bond acceptors (Lipinski definition) is 3. The molecule has 3 heteroatoms. The van der Waals surface area contributed by atoms with E-state index >= 15 is 0 Å². The number of fused-ring (bicyclic) bond motifs is 1. The summed E-state index contributed by atoms with van der Waals surface area (Å²) in [6.45, 7) is 8.28. The van der Waals surface area contributed by atoms with Gasteiger partial charge in [0.25, 0.3) is 0 Å². The maximum atomic E-state index is 11.2. The van der Waals surface area contributed by atoms with Gasteiger partial charge in [-0.15, -0.1) is 0 Å². The van der Waals surface area contributed by atoms with Crippen LogP contribution in [0, 0.1) is 6.92 Å². The molecule has 1 aliphatic carbocycles. The second-order valence-corrected chi connectivity index (χ2v) is 6.99. The van der Waals surface area contributed by atoms with Gasteiger partial charge >= 0.3 is 0 Å². The van der Waals surface area contributed by atoms with Crippen molar-refractivity contribution in [1.29, 1.82) is 0 Å². The van der Waals surface area contributed by atoms with Gasteiger partial charge in [0.15, 0.2) is 0 Å². The first kappa shape index (κ1) is 17.2. The molecule has 24 heavy (non-hydrogen) atoms. The first-order valence-corrected chi connectivity index (χ1v) is 8.53. The Kier molecular flexibility index (Phi) is 4.28. The van der Waals surface area contributed by atoms with Gasteiger partial charge in [-0.25, -0.2) is 0 Å². The third-order valence-electron chi connectivity index (χ3n) is 5.63. The van der Waals surface area contributed by atoms with Gasteiger partial charge in [-0.1, -0.05) is 48.5 Å². The molecule has 0 saturated carbocycles. The summed E-state index contributed by atoms with van der Waals surface area (Å²) in [7, 11) is 0. The zero-order valence-corrected chi connectivity index (χ0v) is 14.8. The Labute approximate surface area is 143 Å². The van der Waals surface area contributed by atoms with Crippen LogP contribution in [-0.4, -0.2) is 29.0 Å². The van der Waals surface area contributed by atoms with E-state index in [1.807, 2.05) is 76.2 Å². The van der Waals surface area contributed by atoms with Crippen molar-refractivity contribution in [3.8, 4) is 0 Å². The molecule has 3 rings (SSSR count). The summed E-state index contributed by atoms with van der Waals surface area (Å²) in [5.41, 5.74) is 2.46. The molecule has 0 aliphatic heterocycles. The smallest absolute Gasteiger partial charge is 0.119 e. The van der Waals surface area contributed by atoms with Gasteiger partial charge in [0.05, 0.1) is 6.10 Å². The summed E-state index contributed by atoms with van der Waals surface area (Å²) in [5, 5.41) is 22.1. The van der Waals surface area contributed by atoms with Crippen molar-refractivity contribution in [2.24, 2.45) is 0 Å². The molecular formula is C21H26O3. The molecule has 0 heterocycles. The predicted molar refractivity (Wildman–Crippen MR) is 95.1 cm³/mol. The Hall–Kier alpha value is -1.68. The Morgan fingerprint density at radius 3 is 2.00 bits per heavy atom. The molecule has 128 valence electrons. The number of ether oxygens (including phenoxy) is 1. The Morgan fingerprint density at radius 1 is 0.875 bits per heavy atom. The number of rotatable bonds is 3. The summed E-state index contributed by atoms with van der Waals surface area (Å²) in [6.07, 6.45) is -1.98. The molecular weight excluding hydrogens is 300 g/mol. The minimum Gasteiger partial charge on any atom is -0.389 e. The van der Waals surface area contributed by atoms with Gasteiger partial charge in [-0.3, -0.25) is 0 Å². The monoisotopic (exact) mass is 326 g/mol. The third-order valence-corrected chi connectivity index (χ3v) is 5.63. The van der Waals surface area contributed by atoms with Crippen LogP contribution >= 0.6 is 0 Å². The van der Waals surface area contributed by atoms with Crippen LogP contribution in [0.2, 0.25) is 0 Å². The lowest BCUT2D eigenvalue weighted by atomic mass is 9.59. The van der Waals surface area contributed by atoms with Crippen molar-refractivity contribution >= 4 is 0 Å². The zero-order chi connectivity index (χ0) is 17.5. The van der Waals surface area contributed by atoms with Crippen molar-refractivity contribution < 1.29 is 14.9 Å². The van der Waals surface area contributed by atoms with Gasteiger partial charge in [0.1, 0.15) is 11.7 Å². The van der Waals surface area contributed by atoms with E-state index in [1.54, 1.807) is 0 Å². The van der Waals surface area contributed by atoms with E-state index in [2.05, 4.69) is 0 Å². The Bertz CT molecular complexity index is 741. The van der Waals surface area contributed by atoms with Crippen molar-refractivity contribution in [1.82, 2.24) is 0 Å². The number of aliphatic hydroxyl groups excluding tert-OH is 2. The topological polar surface area (TPSA) is 49.7 Å². The van der Waals surface area contributed by atoms with E-state index in [0.29, 0.717) is 6.61 Å². The fraction of sp³-hybridized carbons (Fsp3) is 0.429. The van der Waals surface area contributed by atoms with Crippen molar-refractivity contribution in [2.75, 3.05) is 6.61 Å². The normalized spacial score (nSPS) is 32.4. The third kappa shape index (κ3) is 2.23. The zero-order valence-electron chi connectivity index (χ0n) is 14.8.